The standard InChI is InChI=1S/C16H23ClN2O/c1-4-13(19)10-12-6-5-7-14(17)15(12)20-9-8-16(2,3)11-18/h5-7,13H,4,8-10,19H2,1-3H3. The second kappa shape index (κ2) is 7.52. The van der Waals surface area contributed by atoms with Gasteiger partial charge in [-0.25, -0.2) is 0 Å². The number of hydrogen-bond donors (Lipinski definition) is 1. The number of ether oxygens (including phenoxy) is 1. The maximum absolute atomic E-state index is 9.00. The van der Waals surface area contributed by atoms with E-state index in [1.807, 2.05) is 32.0 Å². The van der Waals surface area contributed by atoms with Gasteiger partial charge in [-0.3, -0.25) is 0 Å². The van der Waals surface area contributed by atoms with E-state index in [-0.39, 0.29) is 11.5 Å². The Morgan fingerprint density at radius 3 is 2.75 bits per heavy atom. The van der Waals surface area contributed by atoms with Crippen molar-refractivity contribution in [1.82, 2.24) is 0 Å². The molecule has 2 N–H and O–H groups in total. The van der Waals surface area contributed by atoms with Crippen molar-refractivity contribution in [2.45, 2.75) is 46.1 Å². The predicted molar refractivity (Wildman–Crippen MR) is 82.9 cm³/mol. The van der Waals surface area contributed by atoms with Crippen LogP contribution in [-0.4, -0.2) is 12.6 Å². The molecule has 0 radical (unpaired) electrons. The Hall–Kier alpha value is -1.24. The van der Waals surface area contributed by atoms with E-state index < -0.39 is 0 Å². The van der Waals surface area contributed by atoms with Crippen molar-refractivity contribution in [3.63, 3.8) is 0 Å². The van der Waals surface area contributed by atoms with E-state index in [4.69, 9.17) is 27.3 Å². The maximum atomic E-state index is 9.00. The van der Waals surface area contributed by atoms with Gasteiger partial charge < -0.3 is 10.5 Å². The monoisotopic (exact) mass is 294 g/mol. The number of nitriles is 1. The van der Waals surface area contributed by atoms with Gasteiger partial charge in [-0.15, -0.1) is 0 Å². The average Bonchev–Trinajstić information content (AvgIpc) is 2.41. The van der Waals surface area contributed by atoms with Crippen LogP contribution in [0.5, 0.6) is 5.75 Å². The molecule has 0 aromatic heterocycles. The first-order valence-electron chi connectivity index (χ1n) is 6.96. The van der Waals surface area contributed by atoms with Crippen LogP contribution < -0.4 is 10.5 Å². The Labute approximate surface area is 126 Å². The van der Waals surface area contributed by atoms with Crippen molar-refractivity contribution in [1.29, 1.82) is 5.26 Å². The number of benzene rings is 1. The van der Waals surface area contributed by atoms with Crippen LogP contribution in [0.1, 0.15) is 39.2 Å². The van der Waals surface area contributed by atoms with Gasteiger partial charge >= 0.3 is 0 Å². The molecule has 0 aliphatic carbocycles. The molecule has 0 amide bonds. The Kier molecular flexibility index (Phi) is 6.32. The number of nitrogens with two attached hydrogens (primary N) is 1. The molecule has 3 nitrogen and oxygen atoms in total. The lowest BCUT2D eigenvalue weighted by Crippen LogP contribution is -2.22. The zero-order valence-corrected chi connectivity index (χ0v) is 13.2. The highest BCUT2D eigenvalue weighted by Crippen LogP contribution is 2.30. The lowest BCUT2D eigenvalue weighted by Gasteiger charge is -2.18. The third-order valence-electron chi connectivity index (χ3n) is 3.33. The van der Waals surface area contributed by atoms with Crippen LogP contribution in [0.25, 0.3) is 0 Å². The van der Waals surface area contributed by atoms with E-state index in [0.29, 0.717) is 23.8 Å². The molecule has 0 aliphatic heterocycles. The number of nitrogens with zero attached hydrogens (tertiary/aromatic N) is 1. The SMILES string of the molecule is CCC(N)Cc1cccc(Cl)c1OCCC(C)(C)C#N. The van der Waals surface area contributed by atoms with Gasteiger partial charge in [0.05, 0.1) is 23.1 Å². The van der Waals surface area contributed by atoms with Crippen LogP contribution >= 0.6 is 11.6 Å². The van der Waals surface area contributed by atoms with Gasteiger partial charge in [0.25, 0.3) is 0 Å². The zero-order valence-electron chi connectivity index (χ0n) is 12.4. The van der Waals surface area contributed by atoms with E-state index >= 15 is 0 Å². The Morgan fingerprint density at radius 2 is 2.15 bits per heavy atom. The molecular weight excluding hydrogens is 272 g/mol. The fourth-order valence-corrected chi connectivity index (χ4v) is 2.02. The molecule has 1 atom stereocenters. The summed E-state index contributed by atoms with van der Waals surface area (Å²) in [5, 5.41) is 9.60. The molecule has 0 spiro atoms. The molecule has 0 saturated carbocycles. The lowest BCUT2D eigenvalue weighted by atomic mass is 9.92. The van der Waals surface area contributed by atoms with Crippen molar-refractivity contribution < 1.29 is 4.74 Å². The second-order valence-corrected chi connectivity index (χ2v) is 6.10. The van der Waals surface area contributed by atoms with E-state index in [0.717, 1.165) is 18.4 Å². The highest BCUT2D eigenvalue weighted by Gasteiger charge is 2.18. The van der Waals surface area contributed by atoms with Gasteiger partial charge in [0.15, 0.2) is 0 Å². The highest BCUT2D eigenvalue weighted by atomic mass is 35.5. The molecule has 1 aromatic carbocycles. The molecule has 0 bridgehead atoms. The Bertz CT molecular complexity index is 480. The largest absolute Gasteiger partial charge is 0.492 e. The summed E-state index contributed by atoms with van der Waals surface area (Å²) in [6.07, 6.45) is 2.31. The van der Waals surface area contributed by atoms with Crippen LogP contribution in [0.4, 0.5) is 0 Å². The minimum atomic E-state index is -0.388. The van der Waals surface area contributed by atoms with Crippen LogP contribution in [-0.2, 0) is 6.42 Å². The summed E-state index contributed by atoms with van der Waals surface area (Å²) in [5.74, 6) is 0.701. The smallest absolute Gasteiger partial charge is 0.141 e. The summed E-state index contributed by atoms with van der Waals surface area (Å²) in [6, 6.07) is 8.08. The molecule has 0 aliphatic rings. The van der Waals surface area contributed by atoms with Crippen LogP contribution in [0.15, 0.2) is 18.2 Å². The molecular formula is C16H23ClN2O. The number of rotatable bonds is 7. The highest BCUT2D eigenvalue weighted by molar-refractivity contribution is 6.32. The van der Waals surface area contributed by atoms with Crippen molar-refractivity contribution in [3.05, 3.63) is 28.8 Å². The predicted octanol–water partition coefficient (Wildman–Crippen LogP) is 3.94. The first-order chi connectivity index (χ1) is 9.39. The molecule has 0 heterocycles. The molecule has 4 heteroatoms. The number of para-hydroxylation sites is 1. The Balaban J connectivity index is 2.76. The van der Waals surface area contributed by atoms with E-state index in [1.54, 1.807) is 0 Å². The van der Waals surface area contributed by atoms with E-state index in [9.17, 15) is 0 Å². The average molecular weight is 295 g/mol. The van der Waals surface area contributed by atoms with Crippen LogP contribution in [0.2, 0.25) is 5.02 Å². The Morgan fingerprint density at radius 1 is 1.45 bits per heavy atom. The topological polar surface area (TPSA) is 59.0 Å². The van der Waals surface area contributed by atoms with E-state index in [2.05, 4.69) is 13.0 Å². The van der Waals surface area contributed by atoms with Crippen LogP contribution in [0.3, 0.4) is 0 Å². The molecule has 20 heavy (non-hydrogen) atoms. The van der Waals surface area contributed by atoms with Gasteiger partial charge in [0.2, 0.25) is 0 Å². The third kappa shape index (κ3) is 5.03. The third-order valence-corrected chi connectivity index (χ3v) is 3.63. The summed E-state index contributed by atoms with van der Waals surface area (Å²) < 4.78 is 5.81. The summed E-state index contributed by atoms with van der Waals surface area (Å²) in [7, 11) is 0. The lowest BCUT2D eigenvalue weighted by molar-refractivity contribution is 0.262. The quantitative estimate of drug-likeness (QED) is 0.828. The molecule has 1 unspecified atom stereocenters. The van der Waals surface area contributed by atoms with Gasteiger partial charge in [-0.1, -0.05) is 30.7 Å². The summed E-state index contributed by atoms with van der Waals surface area (Å²) in [4.78, 5) is 0. The summed E-state index contributed by atoms with van der Waals surface area (Å²) in [6.45, 7) is 6.33. The minimum Gasteiger partial charge on any atom is -0.492 e. The molecule has 1 rings (SSSR count). The van der Waals surface area contributed by atoms with Gasteiger partial charge in [-0.2, -0.15) is 5.26 Å². The van der Waals surface area contributed by atoms with E-state index in [1.165, 1.54) is 0 Å². The second-order valence-electron chi connectivity index (χ2n) is 5.69. The minimum absolute atomic E-state index is 0.103. The first kappa shape index (κ1) is 16.8. The van der Waals surface area contributed by atoms with Crippen molar-refractivity contribution in [3.8, 4) is 11.8 Å². The normalized spacial score (nSPS) is 12.8. The summed E-state index contributed by atoms with van der Waals surface area (Å²) >= 11 is 6.21. The van der Waals surface area contributed by atoms with Crippen molar-refractivity contribution in [2.75, 3.05) is 6.61 Å². The maximum Gasteiger partial charge on any atom is 0.141 e. The number of hydrogen-bond acceptors (Lipinski definition) is 3. The molecule has 0 fully saturated rings. The fourth-order valence-electron chi connectivity index (χ4n) is 1.77. The number of halogens is 1. The molecule has 0 saturated heterocycles. The zero-order chi connectivity index (χ0) is 15.2. The molecule has 1 aromatic rings. The van der Waals surface area contributed by atoms with Gasteiger partial charge in [0.1, 0.15) is 5.75 Å². The fraction of sp³-hybridized carbons (Fsp3) is 0.562. The van der Waals surface area contributed by atoms with Crippen molar-refractivity contribution in [2.24, 2.45) is 11.1 Å². The first-order valence-corrected chi connectivity index (χ1v) is 7.34. The van der Waals surface area contributed by atoms with Gasteiger partial charge in [-0.05, 0) is 44.7 Å². The van der Waals surface area contributed by atoms with Gasteiger partial charge in [0, 0.05) is 6.04 Å². The summed E-state index contributed by atoms with van der Waals surface area (Å²) in [5.41, 5.74) is 6.64. The molecule has 110 valence electrons. The van der Waals surface area contributed by atoms with Crippen molar-refractivity contribution >= 4 is 11.6 Å². The van der Waals surface area contributed by atoms with Crippen LogP contribution in [0, 0.1) is 16.7 Å².